The molecular weight excluding hydrogens is 322 g/mol. The summed E-state index contributed by atoms with van der Waals surface area (Å²) in [6, 6.07) is 9.03. The van der Waals surface area contributed by atoms with Crippen molar-refractivity contribution < 1.29 is 14.3 Å². The van der Waals surface area contributed by atoms with Crippen LogP contribution in [0.4, 0.5) is 0 Å². The number of carbonyl (C=O) groups excluding carboxylic acids is 1. The standard InChI is InChI=1S/C18H15N3O4/c1-11-2-5-16-19-8-13(18(23)21(16)9-11)17(22)20-7-12-3-4-14-15(6-12)25-10-24-14/h2-6,8-9H,7,10H2,1H3,(H,20,22). The Morgan fingerprint density at radius 2 is 2.08 bits per heavy atom. The number of nitrogens with one attached hydrogen (secondary N) is 1. The van der Waals surface area contributed by atoms with Gasteiger partial charge in [0, 0.05) is 18.9 Å². The van der Waals surface area contributed by atoms with E-state index in [-0.39, 0.29) is 18.9 Å². The lowest BCUT2D eigenvalue weighted by Crippen LogP contribution is -2.31. The van der Waals surface area contributed by atoms with Gasteiger partial charge in [-0.1, -0.05) is 12.1 Å². The Balaban J connectivity index is 1.56. The second kappa shape index (κ2) is 5.94. The minimum Gasteiger partial charge on any atom is -0.454 e. The minimum absolute atomic E-state index is 0.00356. The average Bonchev–Trinajstić information content (AvgIpc) is 3.08. The van der Waals surface area contributed by atoms with Crippen molar-refractivity contribution in [3.63, 3.8) is 0 Å². The molecule has 0 fully saturated rings. The van der Waals surface area contributed by atoms with Gasteiger partial charge in [0.15, 0.2) is 11.5 Å². The summed E-state index contributed by atoms with van der Waals surface area (Å²) in [5, 5.41) is 2.74. The molecule has 25 heavy (non-hydrogen) atoms. The van der Waals surface area contributed by atoms with Gasteiger partial charge in [-0.15, -0.1) is 0 Å². The van der Waals surface area contributed by atoms with E-state index in [1.165, 1.54) is 10.6 Å². The number of hydrogen-bond donors (Lipinski definition) is 1. The van der Waals surface area contributed by atoms with E-state index in [1.807, 2.05) is 19.1 Å². The summed E-state index contributed by atoms with van der Waals surface area (Å²) >= 11 is 0. The summed E-state index contributed by atoms with van der Waals surface area (Å²) in [5.41, 5.74) is 1.88. The fraction of sp³-hybridized carbons (Fsp3) is 0.167. The Morgan fingerprint density at radius 3 is 2.96 bits per heavy atom. The molecule has 0 aliphatic carbocycles. The Kier molecular flexibility index (Phi) is 3.61. The molecule has 0 saturated carbocycles. The molecule has 7 nitrogen and oxygen atoms in total. The molecule has 1 aromatic carbocycles. The summed E-state index contributed by atoms with van der Waals surface area (Å²) in [6.45, 7) is 2.34. The maximum absolute atomic E-state index is 12.5. The lowest BCUT2D eigenvalue weighted by molar-refractivity contribution is 0.0948. The molecule has 0 bridgehead atoms. The van der Waals surface area contributed by atoms with Crippen molar-refractivity contribution in [1.29, 1.82) is 0 Å². The van der Waals surface area contributed by atoms with E-state index in [4.69, 9.17) is 9.47 Å². The number of pyridine rings is 1. The van der Waals surface area contributed by atoms with Crippen molar-refractivity contribution in [2.24, 2.45) is 0 Å². The number of aromatic nitrogens is 2. The van der Waals surface area contributed by atoms with Crippen LogP contribution in [0.1, 0.15) is 21.5 Å². The predicted octanol–water partition coefficient (Wildman–Crippen LogP) is 1.66. The third-order valence-corrected chi connectivity index (χ3v) is 3.98. The zero-order valence-electron chi connectivity index (χ0n) is 13.5. The van der Waals surface area contributed by atoms with Crippen LogP contribution in [0.3, 0.4) is 0 Å². The lowest BCUT2D eigenvalue weighted by atomic mass is 10.2. The van der Waals surface area contributed by atoms with Gasteiger partial charge < -0.3 is 14.8 Å². The molecule has 2 aromatic heterocycles. The number of hydrogen-bond acceptors (Lipinski definition) is 5. The zero-order chi connectivity index (χ0) is 17.4. The van der Waals surface area contributed by atoms with Crippen LogP contribution in [0.5, 0.6) is 11.5 Å². The fourth-order valence-electron chi connectivity index (χ4n) is 2.67. The molecule has 0 spiro atoms. The minimum atomic E-state index is -0.467. The van der Waals surface area contributed by atoms with Crippen LogP contribution in [0.25, 0.3) is 5.65 Å². The second-order valence-electron chi connectivity index (χ2n) is 5.78. The molecule has 0 saturated heterocycles. The van der Waals surface area contributed by atoms with E-state index in [0.717, 1.165) is 11.1 Å². The van der Waals surface area contributed by atoms with Crippen LogP contribution >= 0.6 is 0 Å². The highest BCUT2D eigenvalue weighted by Gasteiger charge is 2.15. The van der Waals surface area contributed by atoms with Crippen molar-refractivity contribution >= 4 is 11.6 Å². The maximum atomic E-state index is 12.5. The summed E-state index contributed by atoms with van der Waals surface area (Å²) < 4.78 is 11.9. The van der Waals surface area contributed by atoms with E-state index in [0.29, 0.717) is 17.1 Å². The summed E-state index contributed by atoms with van der Waals surface area (Å²) in [5.74, 6) is 0.864. The monoisotopic (exact) mass is 337 g/mol. The number of carbonyl (C=O) groups is 1. The van der Waals surface area contributed by atoms with Crippen LogP contribution in [-0.4, -0.2) is 22.1 Å². The van der Waals surface area contributed by atoms with Gasteiger partial charge >= 0.3 is 0 Å². The number of amides is 1. The van der Waals surface area contributed by atoms with Crippen LogP contribution in [-0.2, 0) is 6.54 Å². The van der Waals surface area contributed by atoms with Crippen molar-refractivity contribution in [1.82, 2.24) is 14.7 Å². The quantitative estimate of drug-likeness (QED) is 0.786. The first kappa shape index (κ1) is 15.2. The highest BCUT2D eigenvalue weighted by molar-refractivity contribution is 5.93. The van der Waals surface area contributed by atoms with E-state index < -0.39 is 11.5 Å². The molecule has 0 radical (unpaired) electrons. The van der Waals surface area contributed by atoms with E-state index in [2.05, 4.69) is 10.3 Å². The van der Waals surface area contributed by atoms with Gasteiger partial charge in [0.1, 0.15) is 11.2 Å². The van der Waals surface area contributed by atoms with Crippen molar-refractivity contribution in [3.05, 3.63) is 69.8 Å². The van der Waals surface area contributed by atoms with Gasteiger partial charge in [-0.2, -0.15) is 0 Å². The fourth-order valence-corrected chi connectivity index (χ4v) is 2.67. The third kappa shape index (κ3) is 2.80. The highest BCUT2D eigenvalue weighted by Crippen LogP contribution is 2.32. The highest BCUT2D eigenvalue weighted by atomic mass is 16.7. The average molecular weight is 337 g/mol. The number of fused-ring (bicyclic) bond motifs is 2. The molecular formula is C18H15N3O4. The summed E-state index contributed by atoms with van der Waals surface area (Å²) in [7, 11) is 0. The molecule has 3 heterocycles. The Hall–Kier alpha value is -3.35. The van der Waals surface area contributed by atoms with Gasteiger partial charge in [0.2, 0.25) is 6.79 Å². The lowest BCUT2D eigenvalue weighted by Gasteiger charge is -2.07. The molecule has 7 heteroatoms. The smallest absolute Gasteiger partial charge is 0.270 e. The molecule has 3 aromatic rings. The van der Waals surface area contributed by atoms with Crippen molar-refractivity contribution in [2.45, 2.75) is 13.5 Å². The van der Waals surface area contributed by atoms with Crippen molar-refractivity contribution in [3.8, 4) is 11.5 Å². The zero-order valence-corrected chi connectivity index (χ0v) is 13.5. The molecule has 1 aliphatic heterocycles. The number of rotatable bonds is 3. The summed E-state index contributed by atoms with van der Waals surface area (Å²) in [4.78, 5) is 29.1. The number of nitrogens with zero attached hydrogens (tertiary/aromatic N) is 2. The number of aryl methyl sites for hydroxylation is 1. The van der Waals surface area contributed by atoms with Gasteiger partial charge in [0.25, 0.3) is 11.5 Å². The molecule has 1 aliphatic rings. The third-order valence-electron chi connectivity index (χ3n) is 3.98. The molecule has 0 atom stereocenters. The Morgan fingerprint density at radius 1 is 1.24 bits per heavy atom. The molecule has 0 unspecified atom stereocenters. The van der Waals surface area contributed by atoms with Gasteiger partial charge in [0.05, 0.1) is 0 Å². The largest absolute Gasteiger partial charge is 0.454 e. The second-order valence-corrected chi connectivity index (χ2v) is 5.78. The van der Waals surface area contributed by atoms with Crippen LogP contribution < -0.4 is 20.3 Å². The number of benzene rings is 1. The first-order valence-corrected chi connectivity index (χ1v) is 7.76. The molecule has 1 N–H and O–H groups in total. The van der Waals surface area contributed by atoms with Gasteiger partial charge in [-0.25, -0.2) is 4.98 Å². The van der Waals surface area contributed by atoms with Crippen LogP contribution in [0.15, 0.2) is 47.5 Å². The maximum Gasteiger partial charge on any atom is 0.270 e. The normalized spacial score (nSPS) is 12.4. The topological polar surface area (TPSA) is 81.9 Å². The molecule has 126 valence electrons. The predicted molar refractivity (Wildman–Crippen MR) is 89.9 cm³/mol. The number of ether oxygens (including phenoxy) is 2. The van der Waals surface area contributed by atoms with Gasteiger partial charge in [-0.3, -0.25) is 14.0 Å². The molecule has 1 amide bonds. The van der Waals surface area contributed by atoms with E-state index in [1.54, 1.807) is 24.4 Å². The van der Waals surface area contributed by atoms with E-state index in [9.17, 15) is 9.59 Å². The first-order valence-electron chi connectivity index (χ1n) is 7.76. The van der Waals surface area contributed by atoms with E-state index >= 15 is 0 Å². The molecule has 4 rings (SSSR count). The SMILES string of the molecule is Cc1ccc2ncc(C(=O)NCc3ccc4c(c3)OCO4)c(=O)n2c1. The Bertz CT molecular complexity index is 1040. The summed E-state index contributed by atoms with van der Waals surface area (Å²) in [6.07, 6.45) is 2.97. The van der Waals surface area contributed by atoms with Crippen LogP contribution in [0, 0.1) is 6.92 Å². The van der Waals surface area contributed by atoms with Crippen LogP contribution in [0.2, 0.25) is 0 Å². The Labute approximate surface area is 142 Å². The van der Waals surface area contributed by atoms with Gasteiger partial charge in [-0.05, 0) is 36.2 Å². The van der Waals surface area contributed by atoms with Crippen molar-refractivity contribution in [2.75, 3.05) is 6.79 Å². The first-order chi connectivity index (χ1) is 12.1.